The van der Waals surface area contributed by atoms with E-state index in [1.54, 1.807) is 0 Å². The van der Waals surface area contributed by atoms with Crippen LogP contribution in [0.3, 0.4) is 0 Å². The SMILES string of the molecule is CC(C)c1cccc(C(C)C)c1-c1cccc(-c2c(C(C)C)cccc2C(C)C)c1S[CH]([BiH2])Sc1c(-c2c(C(C)C)cccc2C(C)C)cccc1-c1c(C(C)C)cccc1C(C)C. The van der Waals surface area contributed by atoms with Crippen molar-refractivity contribution in [3.8, 4) is 44.5 Å². The van der Waals surface area contributed by atoms with Gasteiger partial charge in [-0.1, -0.05) is 0 Å². The summed E-state index contributed by atoms with van der Waals surface area (Å²) in [6.45, 7) is 37.9. The molecule has 0 aliphatic rings. The van der Waals surface area contributed by atoms with Gasteiger partial charge in [0.15, 0.2) is 0 Å². The Morgan fingerprint density at radius 1 is 0.266 bits per heavy atom. The number of hydrogen-bond acceptors (Lipinski definition) is 2. The van der Waals surface area contributed by atoms with Crippen LogP contribution in [0.25, 0.3) is 44.5 Å². The second-order valence-electron chi connectivity index (χ2n) is 20.5. The Morgan fingerprint density at radius 2 is 0.422 bits per heavy atom. The molecule has 0 saturated heterocycles. The number of benzene rings is 6. The van der Waals surface area contributed by atoms with Gasteiger partial charge in [0, 0.05) is 0 Å². The molecule has 0 aromatic heterocycles. The van der Waals surface area contributed by atoms with Crippen molar-refractivity contribution in [2.24, 2.45) is 0 Å². The summed E-state index contributed by atoms with van der Waals surface area (Å²) >= 11 is 4.99. The Morgan fingerprint density at radius 3 is 0.578 bits per heavy atom. The maximum atomic E-state index is 2.45. The zero-order chi connectivity index (χ0) is 46.7. The van der Waals surface area contributed by atoms with Gasteiger partial charge in [-0.15, -0.1) is 0 Å². The monoisotopic (exact) mass is 1080 g/mol. The quantitative estimate of drug-likeness (QED) is 0.0538. The van der Waals surface area contributed by atoms with Crippen LogP contribution in [0.2, 0.25) is 0 Å². The topological polar surface area (TPSA) is 0 Å². The second-order valence-corrected chi connectivity index (χ2v) is 29.4. The van der Waals surface area contributed by atoms with Gasteiger partial charge in [0.1, 0.15) is 0 Å². The molecule has 6 aromatic carbocycles. The summed E-state index contributed by atoms with van der Waals surface area (Å²) in [6, 6.07) is 42.8. The van der Waals surface area contributed by atoms with Gasteiger partial charge in [-0.25, -0.2) is 0 Å². The fourth-order valence-corrected chi connectivity index (χ4v) is 15.4. The molecule has 0 radical (unpaired) electrons. The fourth-order valence-electron chi connectivity index (χ4n) is 9.82. The second kappa shape index (κ2) is 21.7. The van der Waals surface area contributed by atoms with Crippen LogP contribution in [-0.2, 0) is 0 Å². The third kappa shape index (κ3) is 10.5. The maximum absolute atomic E-state index is 2.45. The summed E-state index contributed by atoms with van der Waals surface area (Å²) in [5.41, 5.74) is 22.9. The Hall–Kier alpha value is -3.10. The van der Waals surface area contributed by atoms with Crippen LogP contribution < -0.4 is 0 Å². The van der Waals surface area contributed by atoms with Crippen molar-refractivity contribution in [1.29, 1.82) is 0 Å². The zero-order valence-electron chi connectivity index (χ0n) is 42.0. The van der Waals surface area contributed by atoms with Crippen LogP contribution in [0.5, 0.6) is 0 Å². The molecule has 3 heteroatoms. The van der Waals surface area contributed by atoms with E-state index < -0.39 is 0 Å². The predicted octanol–water partition coefficient (Wildman–Crippen LogP) is 19.1. The van der Waals surface area contributed by atoms with Gasteiger partial charge in [-0.3, -0.25) is 0 Å². The third-order valence-electron chi connectivity index (χ3n) is 13.1. The van der Waals surface area contributed by atoms with E-state index in [2.05, 4.69) is 243 Å². The van der Waals surface area contributed by atoms with Crippen molar-refractivity contribution in [2.45, 2.75) is 170 Å². The first-order valence-corrected chi connectivity index (χ1v) is 28.6. The van der Waals surface area contributed by atoms with E-state index in [1.165, 1.54) is 98.8 Å². The first-order chi connectivity index (χ1) is 30.3. The Labute approximate surface area is 413 Å². The molecule has 0 N–H and O–H groups in total. The van der Waals surface area contributed by atoms with Gasteiger partial charge in [-0.05, 0) is 0 Å². The average Bonchev–Trinajstić information content (AvgIpc) is 3.25. The van der Waals surface area contributed by atoms with E-state index in [1.807, 2.05) is 0 Å². The predicted molar refractivity (Wildman–Crippen MR) is 291 cm³/mol. The molecule has 0 nitrogen and oxygen atoms in total. The Balaban J connectivity index is 1.70. The molecule has 0 spiro atoms. The van der Waals surface area contributed by atoms with Gasteiger partial charge in [-0.2, -0.15) is 0 Å². The third-order valence-corrected chi connectivity index (χ3v) is 18.6. The van der Waals surface area contributed by atoms with Crippen molar-refractivity contribution in [3.05, 3.63) is 154 Å². The van der Waals surface area contributed by atoms with E-state index in [-0.39, 0.29) is 0 Å². The molecule has 0 heterocycles. The Bertz CT molecular complexity index is 2100. The van der Waals surface area contributed by atoms with E-state index >= 15 is 0 Å². The molecule has 6 rings (SSSR count). The molecule has 0 saturated carbocycles. The van der Waals surface area contributed by atoms with Crippen LogP contribution in [0.4, 0.5) is 0 Å². The van der Waals surface area contributed by atoms with E-state index in [0.29, 0.717) is 74.4 Å². The molecule has 0 bridgehead atoms. The van der Waals surface area contributed by atoms with Crippen LogP contribution in [0, 0.1) is 0 Å². The summed E-state index contributed by atoms with van der Waals surface area (Å²) in [7, 11) is 0. The number of hydrogen-bond donors (Lipinski definition) is 0. The molecule has 0 unspecified atom stereocenters. The summed E-state index contributed by atoms with van der Waals surface area (Å²) in [5, 5.41) is 0. The number of thioether (sulfide) groups is 2. The van der Waals surface area contributed by atoms with Crippen molar-refractivity contribution < 1.29 is 0 Å². The standard InChI is InChI=1S/C61H75S2.Bi.2H/c1-36(2)44-23-17-24-45(37(3)4)56(44)52-31-21-32-53(57-46(38(5)6)25-18-26-47(57)39(7)8)60(52)62-35-63-61-54(58-48(40(9)10)27-19-28-49(58)41(11)12)33-22-34-55(61)59-50(42(13)14)29-20-30-51(59)43(15)16;;;/h17-43H,1-16H3;;;. The van der Waals surface area contributed by atoms with E-state index in [4.69, 9.17) is 0 Å². The summed E-state index contributed by atoms with van der Waals surface area (Å²) in [4.78, 5) is 2.87. The van der Waals surface area contributed by atoms with Crippen molar-refractivity contribution >= 4 is 48.2 Å². The van der Waals surface area contributed by atoms with Crippen molar-refractivity contribution in [1.82, 2.24) is 0 Å². The number of rotatable bonds is 16. The van der Waals surface area contributed by atoms with Crippen molar-refractivity contribution in [2.75, 3.05) is 0 Å². The molecule has 0 amide bonds. The van der Waals surface area contributed by atoms with Crippen LogP contribution in [0.1, 0.15) is 203 Å². The van der Waals surface area contributed by atoms with Gasteiger partial charge < -0.3 is 0 Å². The molecule has 0 aliphatic heterocycles. The van der Waals surface area contributed by atoms with Crippen LogP contribution in [0.15, 0.2) is 119 Å². The first-order valence-electron chi connectivity index (χ1n) is 24.2. The normalized spacial score (nSPS) is 12.3. The van der Waals surface area contributed by atoms with Crippen molar-refractivity contribution in [3.63, 3.8) is 0 Å². The first kappa shape index (κ1) is 50.3. The summed E-state index contributed by atoms with van der Waals surface area (Å²) < 4.78 is 0.338. The summed E-state index contributed by atoms with van der Waals surface area (Å²) in [5.74, 6) is 3.18. The van der Waals surface area contributed by atoms with Gasteiger partial charge >= 0.3 is 417 Å². The molecule has 64 heavy (non-hydrogen) atoms. The minimum absolute atomic E-state index is 0.338. The molecule has 6 aromatic rings. The molecule has 0 aliphatic carbocycles. The molecular formula is C61H77BiS2. The zero-order valence-corrected chi connectivity index (χ0v) is 48.1. The van der Waals surface area contributed by atoms with E-state index in [9.17, 15) is 0 Å². The molecule has 0 fully saturated rings. The van der Waals surface area contributed by atoms with Gasteiger partial charge in [0.25, 0.3) is 0 Å². The molecule has 0 atom stereocenters. The summed E-state index contributed by atoms with van der Waals surface area (Å²) in [6.07, 6.45) is 0. The molecular weight excluding hydrogens is 1010 g/mol. The minimum atomic E-state index is 0.338. The van der Waals surface area contributed by atoms with Gasteiger partial charge in [0.05, 0.1) is 0 Å². The van der Waals surface area contributed by atoms with Crippen LogP contribution in [-0.4, -0.2) is 27.0 Å². The fraction of sp³-hybridized carbons (Fsp3) is 0.410. The van der Waals surface area contributed by atoms with Gasteiger partial charge in [0.2, 0.25) is 0 Å². The average molecular weight is 1080 g/mol. The molecule has 338 valence electrons. The van der Waals surface area contributed by atoms with E-state index in [0.717, 1.165) is 0 Å². The Kier molecular flexibility index (Phi) is 17.0. The van der Waals surface area contributed by atoms with Crippen LogP contribution >= 0.6 is 23.5 Å².